The molecule has 6 nitrogen and oxygen atoms in total. The molecule has 28 heavy (non-hydrogen) atoms. The van der Waals surface area contributed by atoms with Crippen LogP contribution >= 0.6 is 0 Å². The second kappa shape index (κ2) is 9.35. The number of hydrogen-bond acceptors (Lipinski definition) is 4. The number of amides is 2. The van der Waals surface area contributed by atoms with Gasteiger partial charge >= 0.3 is 6.03 Å². The fourth-order valence-electron chi connectivity index (χ4n) is 3.18. The number of ether oxygens (including phenoxy) is 2. The SMILES string of the molecule is CCOc1ccc(NC(=O)N2CCN(c3ccc(OC(C)C)cc3)CC2)cc1. The number of nitrogens with zero attached hydrogens (tertiary/aromatic N) is 2. The van der Waals surface area contributed by atoms with Crippen molar-refractivity contribution >= 4 is 17.4 Å². The molecule has 2 amide bonds. The molecule has 0 unspecified atom stereocenters. The minimum Gasteiger partial charge on any atom is -0.494 e. The van der Waals surface area contributed by atoms with Crippen molar-refractivity contribution in [2.45, 2.75) is 26.9 Å². The van der Waals surface area contributed by atoms with Gasteiger partial charge in [-0.2, -0.15) is 0 Å². The Balaban J connectivity index is 1.49. The summed E-state index contributed by atoms with van der Waals surface area (Å²) in [7, 11) is 0. The summed E-state index contributed by atoms with van der Waals surface area (Å²) in [4.78, 5) is 16.7. The molecular weight excluding hydrogens is 354 g/mol. The minimum atomic E-state index is -0.0653. The van der Waals surface area contributed by atoms with Gasteiger partial charge in [-0.05, 0) is 69.3 Å². The molecule has 0 radical (unpaired) electrons. The van der Waals surface area contributed by atoms with Crippen LogP contribution in [-0.4, -0.2) is 49.8 Å². The molecule has 1 aliphatic rings. The van der Waals surface area contributed by atoms with Gasteiger partial charge < -0.3 is 24.6 Å². The lowest BCUT2D eigenvalue weighted by Gasteiger charge is -2.36. The summed E-state index contributed by atoms with van der Waals surface area (Å²) in [6.07, 6.45) is 0.170. The van der Waals surface area contributed by atoms with E-state index in [4.69, 9.17) is 9.47 Å². The Bertz CT molecular complexity index is 752. The highest BCUT2D eigenvalue weighted by Gasteiger charge is 2.21. The van der Waals surface area contributed by atoms with Gasteiger partial charge in [-0.25, -0.2) is 4.79 Å². The molecule has 1 saturated heterocycles. The third-order valence-corrected chi connectivity index (χ3v) is 4.56. The zero-order valence-electron chi connectivity index (χ0n) is 16.9. The predicted octanol–water partition coefficient (Wildman–Crippen LogP) is 4.23. The molecule has 0 saturated carbocycles. The number of piperazine rings is 1. The van der Waals surface area contributed by atoms with Crippen molar-refractivity contribution in [3.63, 3.8) is 0 Å². The molecule has 1 aliphatic heterocycles. The maximum atomic E-state index is 12.5. The van der Waals surface area contributed by atoms with E-state index in [-0.39, 0.29) is 12.1 Å². The molecule has 0 atom stereocenters. The van der Waals surface area contributed by atoms with Crippen LogP contribution in [0.2, 0.25) is 0 Å². The third-order valence-electron chi connectivity index (χ3n) is 4.56. The monoisotopic (exact) mass is 383 g/mol. The third kappa shape index (κ3) is 5.31. The first-order valence-electron chi connectivity index (χ1n) is 9.85. The average Bonchev–Trinajstić information content (AvgIpc) is 2.70. The van der Waals surface area contributed by atoms with E-state index in [0.29, 0.717) is 19.7 Å². The van der Waals surface area contributed by atoms with Gasteiger partial charge in [0, 0.05) is 37.6 Å². The van der Waals surface area contributed by atoms with Crippen LogP contribution in [0, 0.1) is 0 Å². The molecule has 2 aromatic carbocycles. The van der Waals surface area contributed by atoms with E-state index in [1.165, 1.54) is 0 Å². The Morgan fingerprint density at radius 3 is 2.14 bits per heavy atom. The Kier molecular flexibility index (Phi) is 6.63. The van der Waals surface area contributed by atoms with E-state index in [2.05, 4.69) is 22.3 Å². The topological polar surface area (TPSA) is 54.0 Å². The number of hydrogen-bond donors (Lipinski definition) is 1. The second-order valence-electron chi connectivity index (χ2n) is 7.02. The number of urea groups is 1. The second-order valence-corrected chi connectivity index (χ2v) is 7.02. The van der Waals surface area contributed by atoms with Crippen LogP contribution in [0.15, 0.2) is 48.5 Å². The van der Waals surface area contributed by atoms with Crippen molar-refractivity contribution in [1.82, 2.24) is 4.90 Å². The molecule has 0 bridgehead atoms. The highest BCUT2D eigenvalue weighted by molar-refractivity contribution is 5.89. The predicted molar refractivity (Wildman–Crippen MR) is 113 cm³/mol. The first-order valence-corrected chi connectivity index (χ1v) is 9.85. The standard InChI is InChI=1S/C22H29N3O3/c1-4-27-20-9-5-18(6-10-20)23-22(26)25-15-13-24(14-16-25)19-7-11-21(12-8-19)28-17(2)3/h5-12,17H,4,13-16H2,1-3H3,(H,23,26). The van der Waals surface area contributed by atoms with E-state index in [1.54, 1.807) is 0 Å². The van der Waals surface area contributed by atoms with Crippen molar-refractivity contribution in [1.29, 1.82) is 0 Å². The number of carbonyl (C=O) groups is 1. The molecule has 6 heteroatoms. The summed E-state index contributed by atoms with van der Waals surface area (Å²) in [5.41, 5.74) is 1.93. The van der Waals surface area contributed by atoms with Gasteiger partial charge in [0.15, 0.2) is 0 Å². The molecule has 1 N–H and O–H groups in total. The van der Waals surface area contributed by atoms with Gasteiger partial charge in [-0.1, -0.05) is 0 Å². The maximum absolute atomic E-state index is 12.5. The van der Waals surface area contributed by atoms with E-state index < -0.39 is 0 Å². The van der Waals surface area contributed by atoms with Gasteiger partial charge in [0.25, 0.3) is 0 Å². The Morgan fingerprint density at radius 2 is 1.57 bits per heavy atom. The van der Waals surface area contributed by atoms with Crippen LogP contribution < -0.4 is 19.7 Å². The largest absolute Gasteiger partial charge is 0.494 e. The van der Waals surface area contributed by atoms with Crippen LogP contribution in [0.4, 0.5) is 16.2 Å². The number of anilines is 2. The molecule has 2 aromatic rings. The Labute approximate surface area is 167 Å². The van der Waals surface area contributed by atoms with Crippen LogP contribution in [0.25, 0.3) is 0 Å². The molecular formula is C22H29N3O3. The van der Waals surface area contributed by atoms with Crippen LogP contribution in [0.1, 0.15) is 20.8 Å². The van der Waals surface area contributed by atoms with E-state index in [9.17, 15) is 4.79 Å². The minimum absolute atomic E-state index is 0.0653. The lowest BCUT2D eigenvalue weighted by Crippen LogP contribution is -2.50. The zero-order chi connectivity index (χ0) is 19.9. The van der Waals surface area contributed by atoms with Crippen LogP contribution in [0.5, 0.6) is 11.5 Å². The first-order chi connectivity index (χ1) is 13.5. The van der Waals surface area contributed by atoms with Gasteiger partial charge in [0.1, 0.15) is 11.5 Å². The maximum Gasteiger partial charge on any atom is 0.321 e. The lowest BCUT2D eigenvalue weighted by atomic mass is 10.2. The highest BCUT2D eigenvalue weighted by atomic mass is 16.5. The zero-order valence-corrected chi connectivity index (χ0v) is 16.9. The van der Waals surface area contributed by atoms with Crippen LogP contribution in [-0.2, 0) is 0 Å². The molecule has 0 aromatic heterocycles. The van der Waals surface area contributed by atoms with E-state index >= 15 is 0 Å². The number of rotatable bonds is 6. The summed E-state index contributed by atoms with van der Waals surface area (Å²) >= 11 is 0. The van der Waals surface area contributed by atoms with E-state index in [1.807, 2.05) is 62.1 Å². The first kappa shape index (κ1) is 19.9. The normalized spacial score (nSPS) is 14.1. The van der Waals surface area contributed by atoms with Crippen molar-refractivity contribution in [3.8, 4) is 11.5 Å². The van der Waals surface area contributed by atoms with Crippen LogP contribution in [0.3, 0.4) is 0 Å². The van der Waals surface area contributed by atoms with Crippen molar-refractivity contribution in [2.75, 3.05) is 43.0 Å². The fourth-order valence-corrected chi connectivity index (χ4v) is 3.18. The number of nitrogens with one attached hydrogen (secondary N) is 1. The summed E-state index contributed by atoms with van der Waals surface area (Å²) in [6, 6.07) is 15.5. The smallest absolute Gasteiger partial charge is 0.321 e. The molecule has 0 aliphatic carbocycles. The number of benzene rings is 2. The summed E-state index contributed by atoms with van der Waals surface area (Å²) in [5, 5.41) is 2.96. The van der Waals surface area contributed by atoms with E-state index in [0.717, 1.165) is 36.0 Å². The molecule has 3 rings (SSSR count). The van der Waals surface area contributed by atoms with Crippen molar-refractivity contribution in [2.24, 2.45) is 0 Å². The Morgan fingerprint density at radius 1 is 0.964 bits per heavy atom. The van der Waals surface area contributed by atoms with Gasteiger partial charge in [-0.3, -0.25) is 0 Å². The van der Waals surface area contributed by atoms with Crippen molar-refractivity contribution in [3.05, 3.63) is 48.5 Å². The fraction of sp³-hybridized carbons (Fsp3) is 0.409. The summed E-state index contributed by atoms with van der Waals surface area (Å²) in [5.74, 6) is 1.69. The summed E-state index contributed by atoms with van der Waals surface area (Å²) in [6.45, 7) is 9.60. The molecule has 1 heterocycles. The Hall–Kier alpha value is -2.89. The van der Waals surface area contributed by atoms with Gasteiger partial charge in [0.2, 0.25) is 0 Å². The lowest BCUT2D eigenvalue weighted by molar-refractivity contribution is 0.208. The number of carbonyl (C=O) groups excluding carboxylic acids is 1. The molecule has 1 fully saturated rings. The highest BCUT2D eigenvalue weighted by Crippen LogP contribution is 2.22. The summed E-state index contributed by atoms with van der Waals surface area (Å²) < 4.78 is 11.1. The average molecular weight is 383 g/mol. The quantitative estimate of drug-likeness (QED) is 0.811. The van der Waals surface area contributed by atoms with Gasteiger partial charge in [0.05, 0.1) is 12.7 Å². The van der Waals surface area contributed by atoms with Crippen molar-refractivity contribution < 1.29 is 14.3 Å². The molecule has 150 valence electrons. The molecule has 0 spiro atoms. The van der Waals surface area contributed by atoms with Gasteiger partial charge in [-0.15, -0.1) is 0 Å².